The minimum atomic E-state index is -0.430. The van der Waals surface area contributed by atoms with E-state index in [1.165, 1.54) is 18.2 Å². The van der Waals surface area contributed by atoms with Gasteiger partial charge in [0.2, 0.25) is 0 Å². The lowest BCUT2D eigenvalue weighted by atomic mass is 10.0. The number of nitrogens with zero attached hydrogens (tertiary/aromatic N) is 1. The lowest BCUT2D eigenvalue weighted by Gasteiger charge is -2.32. The van der Waals surface area contributed by atoms with Gasteiger partial charge >= 0.3 is 6.03 Å². The smallest absolute Gasteiger partial charge is 0.321 e. The third-order valence-corrected chi connectivity index (χ3v) is 4.92. The van der Waals surface area contributed by atoms with Gasteiger partial charge in [0.1, 0.15) is 5.82 Å². The minimum Gasteiger partial charge on any atom is -0.349 e. The number of likely N-dealkylation sites (tertiary alicyclic amines) is 1. The minimum absolute atomic E-state index is 0.0231. The monoisotopic (exact) mass is 369 g/mol. The number of rotatable bonds is 3. The number of carbonyl (C=O) groups is 2. The lowest BCUT2D eigenvalue weighted by Crippen LogP contribution is -2.47. The van der Waals surface area contributed by atoms with Crippen molar-refractivity contribution in [3.8, 4) is 0 Å². The molecule has 0 unspecified atom stereocenters. The van der Waals surface area contributed by atoms with Gasteiger partial charge in [-0.2, -0.15) is 0 Å². The van der Waals surface area contributed by atoms with Crippen LogP contribution >= 0.6 is 0 Å². The average Bonchev–Trinajstić information content (AvgIpc) is 2.65. The molecule has 3 amide bonds. The van der Waals surface area contributed by atoms with Gasteiger partial charge in [0.05, 0.1) is 0 Å². The fourth-order valence-electron chi connectivity index (χ4n) is 3.32. The normalized spacial score (nSPS) is 14.7. The second-order valence-corrected chi connectivity index (χ2v) is 6.94. The van der Waals surface area contributed by atoms with Crippen LogP contribution in [0.5, 0.6) is 0 Å². The molecular weight excluding hydrogens is 345 g/mol. The number of hydrogen-bond acceptors (Lipinski definition) is 2. The van der Waals surface area contributed by atoms with Crippen LogP contribution in [0.25, 0.3) is 0 Å². The molecule has 5 nitrogen and oxygen atoms in total. The number of urea groups is 1. The Labute approximate surface area is 158 Å². The highest BCUT2D eigenvalue weighted by atomic mass is 19.1. The van der Waals surface area contributed by atoms with Crippen LogP contribution in [0.1, 0.15) is 34.3 Å². The molecule has 0 saturated carbocycles. The molecule has 1 aliphatic heterocycles. The van der Waals surface area contributed by atoms with Crippen LogP contribution in [0.4, 0.5) is 14.9 Å². The Morgan fingerprint density at radius 3 is 2.30 bits per heavy atom. The zero-order valence-corrected chi connectivity index (χ0v) is 15.6. The highest BCUT2D eigenvalue weighted by Gasteiger charge is 2.24. The summed E-state index contributed by atoms with van der Waals surface area (Å²) in [5, 5.41) is 5.92. The van der Waals surface area contributed by atoms with E-state index < -0.39 is 5.82 Å². The summed E-state index contributed by atoms with van der Waals surface area (Å²) in [7, 11) is 0. The number of nitrogens with one attached hydrogen (secondary N) is 2. The molecule has 142 valence electrons. The standard InChI is InChI=1S/C21H24FN3O2/c1-14-5-3-6-15(2)19(14)24-21(27)25-11-9-18(10-12-25)23-20(26)16-7-4-8-17(22)13-16/h3-8,13,18H,9-12H2,1-2H3,(H,23,26)(H,24,27). The van der Waals surface area contributed by atoms with Crippen molar-refractivity contribution in [1.29, 1.82) is 0 Å². The van der Waals surface area contributed by atoms with E-state index in [2.05, 4.69) is 10.6 Å². The molecule has 1 fully saturated rings. The van der Waals surface area contributed by atoms with Crippen LogP contribution < -0.4 is 10.6 Å². The molecule has 3 rings (SSSR count). The Morgan fingerprint density at radius 1 is 1.04 bits per heavy atom. The SMILES string of the molecule is Cc1cccc(C)c1NC(=O)N1CCC(NC(=O)c2cccc(F)c2)CC1. The maximum Gasteiger partial charge on any atom is 0.321 e. The van der Waals surface area contributed by atoms with E-state index >= 15 is 0 Å². The molecule has 27 heavy (non-hydrogen) atoms. The van der Waals surface area contributed by atoms with Gasteiger partial charge in [-0.05, 0) is 56.0 Å². The van der Waals surface area contributed by atoms with Crippen LogP contribution in [0, 0.1) is 19.7 Å². The number of anilines is 1. The largest absolute Gasteiger partial charge is 0.349 e. The maximum atomic E-state index is 13.3. The van der Waals surface area contributed by atoms with Gasteiger partial charge in [-0.1, -0.05) is 24.3 Å². The van der Waals surface area contributed by atoms with E-state index in [0.717, 1.165) is 16.8 Å². The Bertz CT molecular complexity index is 825. The summed E-state index contributed by atoms with van der Waals surface area (Å²) in [6.07, 6.45) is 1.34. The fraction of sp³-hybridized carbons (Fsp3) is 0.333. The Morgan fingerprint density at radius 2 is 1.67 bits per heavy atom. The van der Waals surface area contributed by atoms with Crippen molar-refractivity contribution in [2.24, 2.45) is 0 Å². The zero-order chi connectivity index (χ0) is 19.4. The van der Waals surface area contributed by atoms with Crippen LogP contribution in [-0.4, -0.2) is 36.0 Å². The number of carbonyl (C=O) groups excluding carboxylic acids is 2. The molecule has 1 saturated heterocycles. The summed E-state index contributed by atoms with van der Waals surface area (Å²) >= 11 is 0. The summed E-state index contributed by atoms with van der Waals surface area (Å²) in [4.78, 5) is 26.5. The van der Waals surface area contributed by atoms with Gasteiger partial charge in [0.15, 0.2) is 0 Å². The van der Waals surface area contributed by atoms with Crippen molar-refractivity contribution < 1.29 is 14.0 Å². The van der Waals surface area contributed by atoms with E-state index in [1.807, 2.05) is 32.0 Å². The van der Waals surface area contributed by atoms with Gasteiger partial charge in [0.25, 0.3) is 5.91 Å². The van der Waals surface area contributed by atoms with E-state index in [0.29, 0.717) is 31.5 Å². The van der Waals surface area contributed by atoms with Gasteiger partial charge in [-0.3, -0.25) is 4.79 Å². The number of amides is 3. The first-order valence-electron chi connectivity index (χ1n) is 9.12. The first-order valence-corrected chi connectivity index (χ1v) is 9.12. The summed E-state index contributed by atoms with van der Waals surface area (Å²) in [6.45, 7) is 5.06. The summed E-state index contributed by atoms with van der Waals surface area (Å²) in [6, 6.07) is 11.4. The molecule has 0 spiro atoms. The fourth-order valence-corrected chi connectivity index (χ4v) is 3.32. The predicted molar refractivity (Wildman–Crippen MR) is 103 cm³/mol. The highest BCUT2D eigenvalue weighted by Crippen LogP contribution is 2.21. The molecule has 2 aromatic carbocycles. The van der Waals surface area contributed by atoms with Gasteiger partial charge in [-0.15, -0.1) is 0 Å². The number of para-hydroxylation sites is 1. The maximum absolute atomic E-state index is 13.3. The first kappa shape index (κ1) is 18.9. The van der Waals surface area contributed by atoms with Gasteiger partial charge < -0.3 is 15.5 Å². The average molecular weight is 369 g/mol. The molecule has 1 aliphatic rings. The number of benzene rings is 2. The summed E-state index contributed by atoms with van der Waals surface area (Å²) < 4.78 is 13.3. The molecule has 1 heterocycles. The molecule has 0 aromatic heterocycles. The van der Waals surface area contributed by atoms with E-state index in [4.69, 9.17) is 0 Å². The lowest BCUT2D eigenvalue weighted by molar-refractivity contribution is 0.0919. The van der Waals surface area contributed by atoms with Crippen LogP contribution in [0.15, 0.2) is 42.5 Å². The van der Waals surface area contributed by atoms with E-state index in [9.17, 15) is 14.0 Å². The van der Waals surface area contributed by atoms with Crippen LogP contribution in [0.3, 0.4) is 0 Å². The van der Waals surface area contributed by atoms with Crippen LogP contribution in [-0.2, 0) is 0 Å². The number of hydrogen-bond donors (Lipinski definition) is 2. The van der Waals surface area contributed by atoms with E-state index in [-0.39, 0.29) is 18.0 Å². The summed E-state index contributed by atoms with van der Waals surface area (Å²) in [5.74, 6) is -0.714. The van der Waals surface area contributed by atoms with Crippen molar-refractivity contribution in [2.45, 2.75) is 32.7 Å². The van der Waals surface area contributed by atoms with Crippen molar-refractivity contribution in [2.75, 3.05) is 18.4 Å². The zero-order valence-electron chi connectivity index (χ0n) is 15.6. The third-order valence-electron chi connectivity index (χ3n) is 4.92. The molecule has 0 radical (unpaired) electrons. The van der Waals surface area contributed by atoms with Gasteiger partial charge in [-0.25, -0.2) is 9.18 Å². The third kappa shape index (κ3) is 4.64. The Balaban J connectivity index is 1.52. The quantitative estimate of drug-likeness (QED) is 0.863. The molecule has 2 aromatic rings. The predicted octanol–water partition coefficient (Wildman–Crippen LogP) is 3.87. The Kier molecular flexibility index (Phi) is 5.74. The topological polar surface area (TPSA) is 61.4 Å². The Hall–Kier alpha value is -2.89. The molecular formula is C21H24FN3O2. The molecule has 6 heteroatoms. The molecule has 0 aliphatic carbocycles. The second-order valence-electron chi connectivity index (χ2n) is 6.94. The second kappa shape index (κ2) is 8.20. The molecule has 0 bridgehead atoms. The van der Waals surface area contributed by atoms with Crippen molar-refractivity contribution in [1.82, 2.24) is 10.2 Å². The molecule has 2 N–H and O–H groups in total. The van der Waals surface area contributed by atoms with Gasteiger partial charge in [0, 0.05) is 30.4 Å². The molecule has 0 atom stereocenters. The van der Waals surface area contributed by atoms with Crippen molar-refractivity contribution in [3.63, 3.8) is 0 Å². The number of piperidine rings is 1. The van der Waals surface area contributed by atoms with Crippen molar-refractivity contribution in [3.05, 3.63) is 65.0 Å². The first-order chi connectivity index (χ1) is 12.9. The number of aryl methyl sites for hydroxylation is 2. The van der Waals surface area contributed by atoms with Crippen LogP contribution in [0.2, 0.25) is 0 Å². The van der Waals surface area contributed by atoms with Crippen molar-refractivity contribution >= 4 is 17.6 Å². The van der Waals surface area contributed by atoms with E-state index in [1.54, 1.807) is 11.0 Å². The highest BCUT2D eigenvalue weighted by molar-refractivity contribution is 5.94. The number of halogens is 1. The summed E-state index contributed by atoms with van der Waals surface area (Å²) in [5.41, 5.74) is 3.22.